The minimum atomic E-state index is -1.06. The molecular formula is C10H10O5. The third-order valence-electron chi connectivity index (χ3n) is 1.38. The minimum Gasteiger partial charge on any atom is -0.516 e. The Morgan fingerprint density at radius 1 is 1.00 bits per heavy atom. The van der Waals surface area contributed by atoms with Gasteiger partial charge in [0, 0.05) is 0 Å². The number of carboxylic acids is 2. The van der Waals surface area contributed by atoms with Gasteiger partial charge in [0.25, 0.3) is 0 Å². The summed E-state index contributed by atoms with van der Waals surface area (Å²) in [7, 11) is 0. The number of carbonyl (C=O) groups is 2. The Morgan fingerprint density at radius 3 is 1.33 bits per heavy atom. The lowest BCUT2D eigenvalue weighted by molar-refractivity contribution is 0.0681. The van der Waals surface area contributed by atoms with Crippen LogP contribution in [0, 0.1) is 0 Å². The topological polar surface area (TPSA) is 94.8 Å². The molecule has 0 bridgehead atoms. The Kier molecular flexibility index (Phi) is 5.25. The maximum atomic E-state index is 10.3. The SMILES string of the molecule is C=CO.O=C(O)c1ccc(C(=O)O)cc1. The average molecular weight is 210 g/mol. The van der Waals surface area contributed by atoms with Crippen molar-refractivity contribution in [2.24, 2.45) is 0 Å². The van der Waals surface area contributed by atoms with Gasteiger partial charge in [0.15, 0.2) is 0 Å². The van der Waals surface area contributed by atoms with Crippen LogP contribution in [0.25, 0.3) is 0 Å². The molecule has 0 heterocycles. The Balaban J connectivity index is 0.000000583. The van der Waals surface area contributed by atoms with Gasteiger partial charge in [-0.1, -0.05) is 6.58 Å². The Bertz CT molecular complexity index is 320. The lowest BCUT2D eigenvalue weighted by atomic mass is 10.1. The quantitative estimate of drug-likeness (QED) is 0.646. The second-order valence-corrected chi connectivity index (χ2v) is 2.37. The normalized spacial score (nSPS) is 8.27. The van der Waals surface area contributed by atoms with Crippen molar-refractivity contribution in [3.63, 3.8) is 0 Å². The van der Waals surface area contributed by atoms with Crippen LogP contribution in [0.1, 0.15) is 20.7 Å². The molecule has 0 spiro atoms. The summed E-state index contributed by atoms with van der Waals surface area (Å²) in [5.74, 6) is -2.13. The van der Waals surface area contributed by atoms with Crippen LogP contribution in [0.15, 0.2) is 37.1 Å². The Morgan fingerprint density at radius 2 is 1.20 bits per heavy atom. The zero-order valence-corrected chi connectivity index (χ0v) is 7.75. The second-order valence-electron chi connectivity index (χ2n) is 2.37. The summed E-state index contributed by atoms with van der Waals surface area (Å²) in [6.07, 6.45) is 0.750. The van der Waals surface area contributed by atoms with E-state index in [1.54, 1.807) is 0 Å². The fourth-order valence-electron chi connectivity index (χ4n) is 0.755. The summed E-state index contributed by atoms with van der Waals surface area (Å²) in [4.78, 5) is 20.7. The lowest BCUT2D eigenvalue weighted by Crippen LogP contribution is -1.99. The van der Waals surface area contributed by atoms with Crippen LogP contribution in [-0.4, -0.2) is 27.3 Å². The molecule has 15 heavy (non-hydrogen) atoms. The fraction of sp³-hybridized carbons (Fsp3) is 0. The average Bonchev–Trinajstić information content (AvgIpc) is 2.19. The molecule has 0 radical (unpaired) electrons. The predicted molar refractivity (Wildman–Crippen MR) is 53.2 cm³/mol. The number of carboxylic acid groups (broad SMARTS) is 2. The van der Waals surface area contributed by atoms with Crippen molar-refractivity contribution in [3.05, 3.63) is 48.2 Å². The van der Waals surface area contributed by atoms with Crippen molar-refractivity contribution >= 4 is 11.9 Å². The van der Waals surface area contributed by atoms with Crippen molar-refractivity contribution in [2.75, 3.05) is 0 Å². The Hall–Kier alpha value is -2.30. The standard InChI is InChI=1S/C8H6O4.C2H4O/c9-7(10)5-1-2-6(4-3-5)8(11)12;1-2-3/h1-4H,(H,9,10)(H,11,12);2-3H,1H2. The van der Waals surface area contributed by atoms with Crippen molar-refractivity contribution in [1.82, 2.24) is 0 Å². The van der Waals surface area contributed by atoms with Gasteiger partial charge < -0.3 is 15.3 Å². The fourth-order valence-corrected chi connectivity index (χ4v) is 0.755. The summed E-state index contributed by atoms with van der Waals surface area (Å²) in [6, 6.07) is 5.02. The molecule has 0 fully saturated rings. The predicted octanol–water partition coefficient (Wildman–Crippen LogP) is 1.77. The van der Waals surface area contributed by atoms with Crippen molar-refractivity contribution in [2.45, 2.75) is 0 Å². The highest BCUT2D eigenvalue weighted by Crippen LogP contribution is 2.03. The van der Waals surface area contributed by atoms with Crippen LogP contribution in [0.2, 0.25) is 0 Å². The molecular weight excluding hydrogens is 200 g/mol. The highest BCUT2D eigenvalue weighted by Gasteiger charge is 2.04. The van der Waals surface area contributed by atoms with Crippen LogP contribution < -0.4 is 0 Å². The molecule has 1 rings (SSSR count). The van der Waals surface area contributed by atoms with Gasteiger partial charge in [0.05, 0.1) is 17.4 Å². The van der Waals surface area contributed by atoms with E-state index in [-0.39, 0.29) is 11.1 Å². The Labute approximate surface area is 85.9 Å². The number of benzene rings is 1. The molecule has 0 atom stereocenters. The first kappa shape index (κ1) is 12.7. The molecule has 0 aliphatic heterocycles. The largest absolute Gasteiger partial charge is 0.516 e. The zero-order chi connectivity index (χ0) is 11.8. The highest BCUT2D eigenvalue weighted by atomic mass is 16.4. The van der Waals surface area contributed by atoms with Gasteiger partial charge in [0.2, 0.25) is 0 Å². The summed E-state index contributed by atoms with van der Waals surface area (Å²) >= 11 is 0. The zero-order valence-electron chi connectivity index (χ0n) is 7.75. The van der Waals surface area contributed by atoms with E-state index in [4.69, 9.17) is 15.3 Å². The van der Waals surface area contributed by atoms with Crippen LogP contribution in [0.5, 0.6) is 0 Å². The molecule has 0 aliphatic carbocycles. The second kappa shape index (κ2) is 6.20. The van der Waals surface area contributed by atoms with Gasteiger partial charge in [0.1, 0.15) is 0 Å². The van der Waals surface area contributed by atoms with E-state index in [2.05, 4.69) is 6.58 Å². The minimum absolute atomic E-state index is 0.0833. The third kappa shape index (κ3) is 4.47. The van der Waals surface area contributed by atoms with Gasteiger partial charge in [-0.3, -0.25) is 0 Å². The van der Waals surface area contributed by atoms with E-state index in [1.165, 1.54) is 24.3 Å². The third-order valence-corrected chi connectivity index (χ3v) is 1.38. The van der Waals surface area contributed by atoms with Crippen LogP contribution in [0.4, 0.5) is 0 Å². The molecule has 0 saturated carbocycles. The number of hydrogen-bond acceptors (Lipinski definition) is 3. The maximum Gasteiger partial charge on any atom is 0.335 e. The number of rotatable bonds is 2. The van der Waals surface area contributed by atoms with E-state index < -0.39 is 11.9 Å². The molecule has 0 aromatic heterocycles. The smallest absolute Gasteiger partial charge is 0.335 e. The van der Waals surface area contributed by atoms with Crippen molar-refractivity contribution in [1.29, 1.82) is 0 Å². The van der Waals surface area contributed by atoms with E-state index in [9.17, 15) is 9.59 Å². The highest BCUT2D eigenvalue weighted by molar-refractivity contribution is 5.91. The van der Waals surface area contributed by atoms with Crippen LogP contribution >= 0.6 is 0 Å². The number of aliphatic hydroxyl groups excluding tert-OH is 1. The number of aliphatic hydroxyl groups is 1. The molecule has 3 N–H and O–H groups in total. The molecule has 0 unspecified atom stereocenters. The van der Waals surface area contributed by atoms with E-state index in [0.717, 1.165) is 6.26 Å². The molecule has 1 aromatic rings. The number of hydrogen-bond donors (Lipinski definition) is 3. The summed E-state index contributed by atoms with van der Waals surface area (Å²) in [6.45, 7) is 2.92. The van der Waals surface area contributed by atoms with E-state index in [0.29, 0.717) is 0 Å². The maximum absolute atomic E-state index is 10.3. The molecule has 5 heteroatoms. The first-order valence-electron chi connectivity index (χ1n) is 3.84. The summed E-state index contributed by atoms with van der Waals surface area (Å²) < 4.78 is 0. The molecule has 1 aromatic carbocycles. The first-order valence-corrected chi connectivity index (χ1v) is 3.84. The molecule has 0 aliphatic rings. The van der Waals surface area contributed by atoms with E-state index in [1.807, 2.05) is 0 Å². The van der Waals surface area contributed by atoms with E-state index >= 15 is 0 Å². The van der Waals surface area contributed by atoms with Crippen LogP contribution in [-0.2, 0) is 0 Å². The molecule has 80 valence electrons. The number of aromatic carboxylic acids is 2. The van der Waals surface area contributed by atoms with Crippen molar-refractivity contribution < 1.29 is 24.9 Å². The monoisotopic (exact) mass is 210 g/mol. The first-order chi connectivity index (χ1) is 7.02. The summed E-state index contributed by atoms with van der Waals surface area (Å²) in [5.41, 5.74) is 0.167. The van der Waals surface area contributed by atoms with Gasteiger partial charge in [-0.05, 0) is 24.3 Å². The van der Waals surface area contributed by atoms with Crippen molar-refractivity contribution in [3.8, 4) is 0 Å². The molecule has 5 nitrogen and oxygen atoms in total. The van der Waals surface area contributed by atoms with Gasteiger partial charge in [-0.15, -0.1) is 0 Å². The summed E-state index contributed by atoms with van der Waals surface area (Å²) in [5, 5.41) is 24.3. The molecule has 0 saturated heterocycles. The molecule has 0 amide bonds. The van der Waals surface area contributed by atoms with Gasteiger partial charge in [-0.25, -0.2) is 9.59 Å². The van der Waals surface area contributed by atoms with Gasteiger partial charge in [-0.2, -0.15) is 0 Å². The van der Waals surface area contributed by atoms with Gasteiger partial charge >= 0.3 is 11.9 Å². The van der Waals surface area contributed by atoms with Crippen LogP contribution in [0.3, 0.4) is 0 Å². The lowest BCUT2D eigenvalue weighted by Gasteiger charge is -1.94.